The fraction of sp³-hybridized carbons (Fsp3) is 0.190. The predicted molar refractivity (Wildman–Crippen MR) is 102 cm³/mol. The Kier molecular flexibility index (Phi) is 5.59. The first kappa shape index (κ1) is 17.6. The van der Waals surface area contributed by atoms with Gasteiger partial charge in [-0.1, -0.05) is 6.07 Å². The Morgan fingerprint density at radius 3 is 2.73 bits per heavy atom. The van der Waals surface area contributed by atoms with Crippen molar-refractivity contribution in [3.05, 3.63) is 66.4 Å². The van der Waals surface area contributed by atoms with E-state index >= 15 is 0 Å². The van der Waals surface area contributed by atoms with Crippen molar-refractivity contribution in [3.8, 4) is 5.75 Å². The summed E-state index contributed by atoms with van der Waals surface area (Å²) in [6.07, 6.45) is 3.42. The molecule has 2 aromatic carbocycles. The van der Waals surface area contributed by atoms with Gasteiger partial charge in [0.25, 0.3) is 0 Å². The molecule has 0 radical (unpaired) electrons. The highest BCUT2D eigenvalue weighted by molar-refractivity contribution is 5.85. The summed E-state index contributed by atoms with van der Waals surface area (Å²) >= 11 is 0. The van der Waals surface area contributed by atoms with Crippen LogP contribution in [0.2, 0.25) is 0 Å². The minimum Gasteiger partial charge on any atom is -0.482 e. The Labute approximate surface area is 152 Å². The summed E-state index contributed by atoms with van der Waals surface area (Å²) in [6, 6.07) is 17.2. The number of fused-ring (bicyclic) bond motifs is 1. The van der Waals surface area contributed by atoms with Crippen molar-refractivity contribution >= 4 is 28.8 Å². The van der Waals surface area contributed by atoms with E-state index in [9.17, 15) is 4.79 Å². The summed E-state index contributed by atoms with van der Waals surface area (Å²) in [5.41, 5.74) is 2.75. The van der Waals surface area contributed by atoms with E-state index < -0.39 is 0 Å². The first-order chi connectivity index (χ1) is 12.6. The Balaban J connectivity index is 1.61. The molecule has 0 fully saturated rings. The number of benzene rings is 2. The molecular formula is C21H20N2O3. The Hall–Kier alpha value is -3.21. The number of carbonyl (C=O) groups is 1. The number of ether oxygens (including phenoxy) is 2. The minimum atomic E-state index is -0.378. The molecule has 3 rings (SSSR count). The van der Waals surface area contributed by atoms with Gasteiger partial charge in [-0.15, -0.1) is 0 Å². The van der Waals surface area contributed by atoms with E-state index in [1.165, 1.54) is 0 Å². The molecule has 0 spiro atoms. The predicted octanol–water partition coefficient (Wildman–Crippen LogP) is 4.32. The van der Waals surface area contributed by atoms with Gasteiger partial charge in [-0.25, -0.2) is 4.79 Å². The highest BCUT2D eigenvalue weighted by Gasteiger charge is 2.06. The summed E-state index contributed by atoms with van der Waals surface area (Å²) in [4.78, 5) is 20.3. The Morgan fingerprint density at radius 1 is 1.15 bits per heavy atom. The SMILES string of the molecule is CC(C)OC(=O)COc1ccc(C=Nc2ccc3ncccc3c2)cc1. The third-order valence-corrected chi connectivity index (χ3v) is 3.55. The van der Waals surface area contributed by atoms with Crippen molar-refractivity contribution in [2.45, 2.75) is 20.0 Å². The first-order valence-electron chi connectivity index (χ1n) is 8.41. The summed E-state index contributed by atoms with van der Waals surface area (Å²) < 4.78 is 10.4. The maximum absolute atomic E-state index is 11.5. The van der Waals surface area contributed by atoms with Crippen LogP contribution in [0.3, 0.4) is 0 Å². The average Bonchev–Trinajstić information content (AvgIpc) is 2.65. The van der Waals surface area contributed by atoms with Crippen LogP contribution in [0.15, 0.2) is 65.8 Å². The van der Waals surface area contributed by atoms with Crippen LogP contribution in [-0.4, -0.2) is 29.9 Å². The van der Waals surface area contributed by atoms with Gasteiger partial charge in [-0.05, 0) is 67.9 Å². The zero-order valence-corrected chi connectivity index (χ0v) is 14.8. The Bertz CT molecular complexity index is 918. The van der Waals surface area contributed by atoms with Gasteiger partial charge in [0.15, 0.2) is 6.61 Å². The van der Waals surface area contributed by atoms with Crippen LogP contribution in [0.4, 0.5) is 5.69 Å². The quantitative estimate of drug-likeness (QED) is 0.492. The molecule has 0 amide bonds. The molecule has 5 heteroatoms. The van der Waals surface area contributed by atoms with Crippen molar-refractivity contribution in [3.63, 3.8) is 0 Å². The Morgan fingerprint density at radius 2 is 1.96 bits per heavy atom. The second-order valence-electron chi connectivity index (χ2n) is 6.03. The number of hydrogen-bond acceptors (Lipinski definition) is 5. The average molecular weight is 348 g/mol. The third kappa shape index (κ3) is 4.89. The summed E-state index contributed by atoms with van der Waals surface area (Å²) in [6.45, 7) is 3.51. The molecule has 0 unspecified atom stereocenters. The van der Waals surface area contributed by atoms with Crippen LogP contribution in [0.25, 0.3) is 10.9 Å². The van der Waals surface area contributed by atoms with Crippen molar-refractivity contribution in [2.24, 2.45) is 4.99 Å². The van der Waals surface area contributed by atoms with Crippen LogP contribution in [0.1, 0.15) is 19.4 Å². The number of rotatable bonds is 6. The molecule has 132 valence electrons. The van der Waals surface area contributed by atoms with E-state index in [0.717, 1.165) is 22.2 Å². The van der Waals surface area contributed by atoms with Crippen molar-refractivity contribution < 1.29 is 14.3 Å². The van der Waals surface area contributed by atoms with E-state index in [-0.39, 0.29) is 18.7 Å². The molecule has 0 saturated heterocycles. The van der Waals surface area contributed by atoms with E-state index in [2.05, 4.69) is 9.98 Å². The van der Waals surface area contributed by atoms with Crippen LogP contribution in [-0.2, 0) is 9.53 Å². The molecule has 1 aromatic heterocycles. The fourth-order valence-corrected chi connectivity index (χ4v) is 2.38. The second-order valence-corrected chi connectivity index (χ2v) is 6.03. The van der Waals surface area contributed by atoms with Gasteiger partial charge in [-0.3, -0.25) is 9.98 Å². The van der Waals surface area contributed by atoms with Crippen LogP contribution < -0.4 is 4.74 Å². The second kappa shape index (κ2) is 8.25. The molecule has 5 nitrogen and oxygen atoms in total. The largest absolute Gasteiger partial charge is 0.482 e. The van der Waals surface area contributed by atoms with E-state index in [1.54, 1.807) is 38.4 Å². The smallest absolute Gasteiger partial charge is 0.344 e. The normalized spacial score (nSPS) is 11.2. The van der Waals surface area contributed by atoms with Gasteiger partial charge < -0.3 is 9.47 Å². The molecule has 0 atom stereocenters. The summed E-state index contributed by atoms with van der Waals surface area (Å²) in [7, 11) is 0. The number of aromatic nitrogens is 1. The third-order valence-electron chi connectivity index (χ3n) is 3.55. The maximum atomic E-state index is 11.5. The number of nitrogens with zero attached hydrogens (tertiary/aromatic N) is 2. The maximum Gasteiger partial charge on any atom is 0.344 e. The van der Waals surface area contributed by atoms with Crippen molar-refractivity contribution in [2.75, 3.05) is 6.61 Å². The molecule has 0 saturated carbocycles. The first-order valence-corrected chi connectivity index (χ1v) is 8.41. The van der Waals surface area contributed by atoms with Gasteiger partial charge in [0.05, 0.1) is 17.3 Å². The van der Waals surface area contributed by atoms with Crippen LogP contribution in [0.5, 0.6) is 5.75 Å². The highest BCUT2D eigenvalue weighted by atomic mass is 16.6. The zero-order valence-electron chi connectivity index (χ0n) is 14.8. The van der Waals surface area contributed by atoms with Gasteiger partial charge in [-0.2, -0.15) is 0 Å². The molecule has 1 heterocycles. The van der Waals surface area contributed by atoms with Crippen LogP contribution in [0, 0.1) is 0 Å². The molecule has 0 aliphatic carbocycles. The van der Waals surface area contributed by atoms with Crippen molar-refractivity contribution in [1.82, 2.24) is 4.98 Å². The van der Waals surface area contributed by atoms with Crippen LogP contribution >= 0.6 is 0 Å². The van der Waals surface area contributed by atoms with Gasteiger partial charge in [0.1, 0.15) is 5.75 Å². The lowest BCUT2D eigenvalue weighted by atomic mass is 10.2. The molecular weight excluding hydrogens is 328 g/mol. The van der Waals surface area contributed by atoms with E-state index in [0.29, 0.717) is 5.75 Å². The number of aliphatic imine (C=N–C) groups is 1. The standard InChI is InChI=1S/C21H20N2O3/c1-15(2)26-21(24)14-25-19-8-5-16(6-9-19)13-23-18-7-10-20-17(12-18)4-3-11-22-20/h3-13,15H,14H2,1-2H3. The molecule has 0 aliphatic rings. The summed E-state index contributed by atoms with van der Waals surface area (Å²) in [5.74, 6) is 0.232. The fourth-order valence-electron chi connectivity index (χ4n) is 2.38. The lowest BCUT2D eigenvalue weighted by Gasteiger charge is -2.09. The number of esters is 1. The molecule has 0 bridgehead atoms. The van der Waals surface area contributed by atoms with E-state index in [4.69, 9.17) is 9.47 Å². The van der Waals surface area contributed by atoms with Crippen molar-refractivity contribution in [1.29, 1.82) is 0 Å². The van der Waals surface area contributed by atoms with Gasteiger partial charge >= 0.3 is 5.97 Å². The van der Waals surface area contributed by atoms with E-state index in [1.807, 2.05) is 42.5 Å². The number of carbonyl (C=O) groups excluding carboxylic acids is 1. The molecule has 3 aromatic rings. The highest BCUT2D eigenvalue weighted by Crippen LogP contribution is 2.19. The van der Waals surface area contributed by atoms with Gasteiger partial charge in [0, 0.05) is 17.8 Å². The van der Waals surface area contributed by atoms with Gasteiger partial charge in [0.2, 0.25) is 0 Å². The zero-order chi connectivity index (χ0) is 18.4. The molecule has 26 heavy (non-hydrogen) atoms. The topological polar surface area (TPSA) is 60.8 Å². The molecule has 0 N–H and O–H groups in total. The number of pyridine rings is 1. The monoisotopic (exact) mass is 348 g/mol. The summed E-state index contributed by atoms with van der Waals surface area (Å²) in [5, 5.41) is 1.05. The lowest BCUT2D eigenvalue weighted by Crippen LogP contribution is -2.18. The number of hydrogen-bond donors (Lipinski definition) is 0. The lowest BCUT2D eigenvalue weighted by molar-refractivity contribution is -0.149. The minimum absolute atomic E-state index is 0.100. The molecule has 0 aliphatic heterocycles.